The highest BCUT2D eigenvalue weighted by Crippen LogP contribution is 2.65. The van der Waals surface area contributed by atoms with Gasteiger partial charge in [-0.3, -0.25) is 9.59 Å². The number of nitrogens with one attached hydrogen (secondary N) is 1. The van der Waals surface area contributed by atoms with Crippen LogP contribution >= 0.6 is 0 Å². The molecule has 1 aliphatic carbocycles. The van der Waals surface area contributed by atoms with Gasteiger partial charge in [0.15, 0.2) is 11.4 Å². The zero-order valence-electron chi connectivity index (χ0n) is 23.0. The first-order valence-electron chi connectivity index (χ1n) is 13.4. The molecule has 1 saturated carbocycles. The normalized spacial score (nSPS) is 23.1. The van der Waals surface area contributed by atoms with Crippen LogP contribution in [-0.4, -0.2) is 46.1 Å². The van der Waals surface area contributed by atoms with Gasteiger partial charge in [0, 0.05) is 36.6 Å². The Hall–Kier alpha value is -3.88. The van der Waals surface area contributed by atoms with Crippen LogP contribution in [0.25, 0.3) is 10.9 Å². The number of rotatable bonds is 7. The summed E-state index contributed by atoms with van der Waals surface area (Å²) < 4.78 is 27.3. The molecular weight excluding hydrogens is 501 g/mol. The highest BCUT2D eigenvalue weighted by molar-refractivity contribution is 6.09. The Morgan fingerprint density at radius 3 is 2.46 bits per heavy atom. The first kappa shape index (κ1) is 26.7. The van der Waals surface area contributed by atoms with E-state index in [0.29, 0.717) is 43.5 Å². The molecule has 9 heteroatoms. The maximum Gasteiger partial charge on any atom is 0.415 e. The molecule has 2 atom stereocenters. The van der Waals surface area contributed by atoms with E-state index >= 15 is 0 Å². The van der Waals surface area contributed by atoms with Gasteiger partial charge in [0.1, 0.15) is 5.82 Å². The van der Waals surface area contributed by atoms with E-state index in [-0.39, 0.29) is 17.5 Å². The Kier molecular flexibility index (Phi) is 6.44. The number of esters is 1. The number of nitrogens with zero attached hydrogens (tertiary/aromatic N) is 2. The molecule has 2 amide bonds. The van der Waals surface area contributed by atoms with Gasteiger partial charge in [0.05, 0.1) is 16.6 Å². The number of hydrogen-bond acceptors (Lipinski definition) is 5. The lowest BCUT2D eigenvalue weighted by atomic mass is 9.66. The third-order valence-corrected chi connectivity index (χ3v) is 9.06. The van der Waals surface area contributed by atoms with E-state index in [1.165, 1.54) is 17.0 Å². The van der Waals surface area contributed by atoms with Crippen molar-refractivity contribution in [2.45, 2.75) is 59.6 Å². The average Bonchev–Trinajstić information content (AvgIpc) is 3.43. The first-order chi connectivity index (χ1) is 18.5. The van der Waals surface area contributed by atoms with Crippen molar-refractivity contribution in [2.24, 2.45) is 10.8 Å². The minimum Gasteiger partial charge on any atom is -0.448 e. The lowest BCUT2D eigenvalue weighted by molar-refractivity contribution is -0.165. The fraction of sp³-hybridized carbons (Fsp3) is 0.433. The quantitative estimate of drug-likeness (QED) is 0.390. The number of anilines is 1. The Morgan fingerprint density at radius 2 is 1.85 bits per heavy atom. The molecule has 0 radical (unpaired) electrons. The summed E-state index contributed by atoms with van der Waals surface area (Å²) >= 11 is 0. The van der Waals surface area contributed by atoms with E-state index in [1.807, 2.05) is 57.5 Å². The molecule has 0 spiro atoms. The van der Waals surface area contributed by atoms with Gasteiger partial charge in [-0.05, 0) is 69.5 Å². The highest BCUT2D eigenvalue weighted by atomic mass is 19.1. The summed E-state index contributed by atoms with van der Waals surface area (Å²) in [5, 5.41) is 3.63. The zero-order valence-corrected chi connectivity index (χ0v) is 23.0. The molecule has 3 aromatic rings. The minimum absolute atomic E-state index is 0.190. The number of fused-ring (bicyclic) bond motifs is 3. The zero-order chi connectivity index (χ0) is 28.2. The van der Waals surface area contributed by atoms with E-state index in [1.54, 1.807) is 18.2 Å². The van der Waals surface area contributed by atoms with E-state index in [9.17, 15) is 18.8 Å². The summed E-state index contributed by atoms with van der Waals surface area (Å²) in [5.41, 5.74) is -0.991. The summed E-state index contributed by atoms with van der Waals surface area (Å²) in [6.45, 7) is 10.7. The van der Waals surface area contributed by atoms with Gasteiger partial charge in [0.25, 0.3) is 5.91 Å². The number of carbonyl (C=O) groups excluding carboxylic acids is 3. The maximum absolute atomic E-state index is 14.0. The summed E-state index contributed by atoms with van der Waals surface area (Å²) in [7, 11) is 0. The molecule has 2 aliphatic rings. The van der Waals surface area contributed by atoms with Gasteiger partial charge in [-0.1, -0.05) is 26.0 Å². The van der Waals surface area contributed by atoms with Crippen molar-refractivity contribution in [3.05, 3.63) is 60.0 Å². The number of benzene rings is 2. The minimum atomic E-state index is -1.34. The molecule has 1 aliphatic heterocycles. The Bertz CT molecular complexity index is 1480. The fourth-order valence-electron chi connectivity index (χ4n) is 6.04. The number of ether oxygens (including phenoxy) is 2. The second kappa shape index (κ2) is 9.39. The standard InChI is InChI=1S/C30H34FN3O5/c1-6-33(7-2)27(37)38-23-12-11-22-21(13-16-34(22)18-19-9-8-10-20(31)17-19)24(23)32-25(35)30-15-14-29(5,26(36)39-30)28(30,3)4/h8-13,16-17H,6-7,14-15,18H2,1-5H3,(H,32,35)/t29-,30?/m0/s1. The van der Waals surface area contributed by atoms with E-state index in [2.05, 4.69) is 5.32 Å². The van der Waals surface area contributed by atoms with Crippen LogP contribution in [0, 0.1) is 16.6 Å². The SMILES string of the molecule is CCN(CC)C(=O)Oc1ccc2c(ccn2Cc2cccc(F)c2)c1NC(=O)C12CC[C@@](C)(C(=O)O1)C2(C)C. The molecule has 206 valence electrons. The van der Waals surface area contributed by atoms with Crippen LogP contribution in [0.1, 0.15) is 53.0 Å². The van der Waals surface area contributed by atoms with E-state index in [4.69, 9.17) is 9.47 Å². The van der Waals surface area contributed by atoms with Crippen molar-refractivity contribution in [1.29, 1.82) is 0 Å². The summed E-state index contributed by atoms with van der Waals surface area (Å²) in [4.78, 5) is 41.2. The second-order valence-electron chi connectivity index (χ2n) is 11.1. The molecule has 2 aromatic carbocycles. The third-order valence-electron chi connectivity index (χ3n) is 9.06. The van der Waals surface area contributed by atoms with Gasteiger partial charge >= 0.3 is 12.1 Å². The van der Waals surface area contributed by atoms with Crippen molar-refractivity contribution in [2.75, 3.05) is 18.4 Å². The molecule has 2 fully saturated rings. The molecule has 8 nitrogen and oxygen atoms in total. The van der Waals surface area contributed by atoms with Crippen molar-refractivity contribution in [3.63, 3.8) is 0 Å². The van der Waals surface area contributed by atoms with Crippen molar-refractivity contribution >= 4 is 34.6 Å². The van der Waals surface area contributed by atoms with Crippen molar-refractivity contribution in [1.82, 2.24) is 9.47 Å². The van der Waals surface area contributed by atoms with E-state index in [0.717, 1.165) is 11.1 Å². The monoisotopic (exact) mass is 535 g/mol. The molecule has 39 heavy (non-hydrogen) atoms. The summed E-state index contributed by atoms with van der Waals surface area (Å²) in [6.07, 6.45) is 2.25. The molecule has 2 bridgehead atoms. The Morgan fingerprint density at radius 1 is 1.10 bits per heavy atom. The van der Waals surface area contributed by atoms with Crippen LogP contribution in [0.2, 0.25) is 0 Å². The predicted molar refractivity (Wildman–Crippen MR) is 145 cm³/mol. The van der Waals surface area contributed by atoms with Crippen LogP contribution in [0.3, 0.4) is 0 Å². The predicted octanol–water partition coefficient (Wildman–Crippen LogP) is 5.73. The molecule has 1 saturated heterocycles. The third kappa shape index (κ3) is 3.97. The number of amides is 2. The van der Waals surface area contributed by atoms with Crippen LogP contribution < -0.4 is 10.1 Å². The van der Waals surface area contributed by atoms with E-state index < -0.39 is 28.4 Å². The fourth-order valence-corrected chi connectivity index (χ4v) is 6.04. The smallest absolute Gasteiger partial charge is 0.415 e. The van der Waals surface area contributed by atoms with Gasteiger partial charge < -0.3 is 24.3 Å². The Balaban J connectivity index is 1.56. The van der Waals surface area contributed by atoms with Crippen molar-refractivity contribution in [3.8, 4) is 5.75 Å². The maximum atomic E-state index is 14.0. The highest BCUT2D eigenvalue weighted by Gasteiger charge is 2.75. The summed E-state index contributed by atoms with van der Waals surface area (Å²) in [5.74, 6) is -0.955. The molecule has 2 heterocycles. The molecule has 1 aromatic heterocycles. The lowest BCUT2D eigenvalue weighted by Gasteiger charge is -2.35. The first-order valence-corrected chi connectivity index (χ1v) is 13.4. The largest absolute Gasteiger partial charge is 0.448 e. The number of carbonyl (C=O) groups is 3. The number of aromatic nitrogens is 1. The molecular formula is C30H34FN3O5. The van der Waals surface area contributed by atoms with Gasteiger partial charge in [-0.15, -0.1) is 0 Å². The van der Waals surface area contributed by atoms with Crippen LogP contribution in [-0.2, 0) is 20.9 Å². The lowest BCUT2D eigenvalue weighted by Crippen LogP contribution is -2.50. The van der Waals surface area contributed by atoms with Crippen LogP contribution in [0.15, 0.2) is 48.7 Å². The number of halogens is 1. The average molecular weight is 536 g/mol. The Labute approximate surface area is 227 Å². The second-order valence-corrected chi connectivity index (χ2v) is 11.1. The summed E-state index contributed by atoms with van der Waals surface area (Å²) in [6, 6.07) is 11.6. The van der Waals surface area contributed by atoms with Crippen LogP contribution in [0.5, 0.6) is 5.75 Å². The van der Waals surface area contributed by atoms with Gasteiger partial charge in [-0.25, -0.2) is 9.18 Å². The van der Waals surface area contributed by atoms with Gasteiger partial charge in [-0.2, -0.15) is 0 Å². The molecule has 1 N–H and O–H groups in total. The molecule has 1 unspecified atom stereocenters. The van der Waals surface area contributed by atoms with Gasteiger partial charge in [0.2, 0.25) is 0 Å². The van der Waals surface area contributed by atoms with Crippen molar-refractivity contribution < 1.29 is 28.2 Å². The molecule has 5 rings (SSSR count). The van der Waals surface area contributed by atoms with Crippen LogP contribution in [0.4, 0.5) is 14.9 Å². The number of hydrogen-bond donors (Lipinski definition) is 1. The topological polar surface area (TPSA) is 89.9 Å².